The number of benzene rings is 2. The van der Waals surface area contributed by atoms with Crippen LogP contribution in [0.4, 0.5) is 5.69 Å². The maximum absolute atomic E-state index is 12.7. The molecule has 1 fully saturated rings. The number of fused-ring (bicyclic) bond motifs is 1. The zero-order chi connectivity index (χ0) is 20.5. The van der Waals surface area contributed by atoms with Crippen molar-refractivity contribution in [2.24, 2.45) is 4.99 Å². The predicted molar refractivity (Wildman–Crippen MR) is 105 cm³/mol. The largest absolute Gasteiger partial charge is 0.545 e. The number of carbonyl (C=O) groups is 2. The van der Waals surface area contributed by atoms with Crippen molar-refractivity contribution in [1.82, 2.24) is 4.90 Å². The number of nitrogens with zero attached hydrogens (tertiary/aromatic N) is 2. The van der Waals surface area contributed by atoms with Gasteiger partial charge in [0, 0.05) is 18.7 Å². The number of amidine groups is 1. The third-order valence-corrected chi connectivity index (χ3v) is 5.38. The van der Waals surface area contributed by atoms with E-state index >= 15 is 0 Å². The molecule has 0 bridgehead atoms. The van der Waals surface area contributed by atoms with Gasteiger partial charge in [-0.25, -0.2) is 4.99 Å². The lowest BCUT2D eigenvalue weighted by molar-refractivity contribution is -0.255. The summed E-state index contributed by atoms with van der Waals surface area (Å²) >= 11 is 1.18. The lowest BCUT2D eigenvalue weighted by Crippen LogP contribution is -2.23. The number of carbonyl (C=O) groups excluding carboxylic acids is 2. The molecule has 0 spiro atoms. The van der Waals surface area contributed by atoms with Crippen molar-refractivity contribution >= 4 is 40.6 Å². The molecule has 0 aliphatic carbocycles. The molecule has 2 aliphatic heterocycles. The van der Waals surface area contributed by atoms with Gasteiger partial charge in [0.1, 0.15) is 5.75 Å². The Labute approximate surface area is 170 Å². The Hall–Kier alpha value is -3.46. The number of rotatable bonds is 4. The van der Waals surface area contributed by atoms with Crippen molar-refractivity contribution in [2.75, 3.05) is 21.0 Å². The van der Waals surface area contributed by atoms with Crippen LogP contribution in [-0.2, 0) is 4.79 Å². The second kappa shape index (κ2) is 7.51. The van der Waals surface area contributed by atoms with Crippen LogP contribution in [0.1, 0.15) is 15.9 Å². The summed E-state index contributed by atoms with van der Waals surface area (Å²) in [7, 11) is 3.14. The first-order valence-electron chi connectivity index (χ1n) is 8.51. The predicted octanol–water partition coefficient (Wildman–Crippen LogP) is 2.02. The SMILES string of the molecule is COc1cc2c(cc1/C=C1\SC(=Nc3cccc(C(=O)[O-])c3)N(C)C1=O)OCO2. The summed E-state index contributed by atoms with van der Waals surface area (Å²) in [6, 6.07) is 9.50. The van der Waals surface area contributed by atoms with Crippen LogP contribution >= 0.6 is 11.8 Å². The topological polar surface area (TPSA) is 100 Å². The van der Waals surface area contributed by atoms with E-state index in [4.69, 9.17) is 14.2 Å². The first-order chi connectivity index (χ1) is 14.0. The molecule has 0 unspecified atom stereocenters. The number of aliphatic imine (C=N–C) groups is 1. The number of ether oxygens (including phenoxy) is 3. The van der Waals surface area contributed by atoms with E-state index in [1.54, 1.807) is 37.4 Å². The highest BCUT2D eigenvalue weighted by Gasteiger charge is 2.31. The van der Waals surface area contributed by atoms with Crippen LogP contribution in [0.15, 0.2) is 46.3 Å². The van der Waals surface area contributed by atoms with E-state index in [0.717, 1.165) is 0 Å². The van der Waals surface area contributed by atoms with E-state index in [1.165, 1.54) is 35.9 Å². The van der Waals surface area contributed by atoms with Gasteiger partial charge in [0.05, 0.1) is 23.7 Å². The van der Waals surface area contributed by atoms with Gasteiger partial charge >= 0.3 is 0 Å². The zero-order valence-electron chi connectivity index (χ0n) is 15.5. The molecular formula is C20H15N2O6S-. The fourth-order valence-corrected chi connectivity index (χ4v) is 3.81. The van der Waals surface area contributed by atoms with Crippen LogP contribution in [0.2, 0.25) is 0 Å². The molecule has 0 N–H and O–H groups in total. The Kier molecular flexibility index (Phi) is 4.89. The van der Waals surface area contributed by atoms with Gasteiger partial charge in [0.15, 0.2) is 16.7 Å². The van der Waals surface area contributed by atoms with Gasteiger partial charge in [-0.1, -0.05) is 12.1 Å². The Morgan fingerprint density at radius 3 is 2.76 bits per heavy atom. The number of likely N-dealkylation sites (N-methyl/N-ethyl adjacent to an activating group) is 1. The average molecular weight is 411 g/mol. The van der Waals surface area contributed by atoms with Gasteiger partial charge < -0.3 is 24.1 Å². The number of amides is 1. The summed E-state index contributed by atoms with van der Waals surface area (Å²) < 4.78 is 16.1. The molecular weight excluding hydrogens is 396 g/mol. The van der Waals surface area contributed by atoms with Gasteiger partial charge in [0.2, 0.25) is 6.79 Å². The molecule has 0 saturated carbocycles. The smallest absolute Gasteiger partial charge is 0.266 e. The number of carboxylic acid groups (broad SMARTS) is 1. The monoisotopic (exact) mass is 411 g/mol. The molecule has 9 heteroatoms. The minimum absolute atomic E-state index is 0.0182. The highest BCUT2D eigenvalue weighted by molar-refractivity contribution is 8.18. The molecule has 1 amide bonds. The Balaban J connectivity index is 1.67. The summed E-state index contributed by atoms with van der Waals surface area (Å²) in [5.74, 6) is 0.191. The fourth-order valence-electron chi connectivity index (χ4n) is 2.83. The molecule has 8 nitrogen and oxygen atoms in total. The highest BCUT2D eigenvalue weighted by Crippen LogP contribution is 2.41. The van der Waals surface area contributed by atoms with Crippen molar-refractivity contribution in [3.05, 3.63) is 52.4 Å². The highest BCUT2D eigenvalue weighted by atomic mass is 32.2. The van der Waals surface area contributed by atoms with E-state index < -0.39 is 5.97 Å². The molecule has 2 aliphatic rings. The molecule has 29 heavy (non-hydrogen) atoms. The quantitative estimate of drug-likeness (QED) is 0.710. The second-order valence-corrected chi connectivity index (χ2v) is 7.16. The molecule has 148 valence electrons. The maximum atomic E-state index is 12.7. The summed E-state index contributed by atoms with van der Waals surface area (Å²) in [6.45, 7) is 0.136. The molecule has 0 atom stereocenters. The molecule has 2 aromatic rings. The average Bonchev–Trinajstić information content (AvgIpc) is 3.27. The van der Waals surface area contributed by atoms with Crippen LogP contribution in [0.3, 0.4) is 0 Å². The van der Waals surface area contributed by atoms with Crippen molar-refractivity contribution in [1.29, 1.82) is 0 Å². The molecule has 4 rings (SSSR count). The lowest BCUT2D eigenvalue weighted by atomic mass is 10.1. The third-order valence-electron chi connectivity index (χ3n) is 4.32. The first kappa shape index (κ1) is 18.9. The van der Waals surface area contributed by atoms with Crippen LogP contribution in [0.25, 0.3) is 6.08 Å². The van der Waals surface area contributed by atoms with Crippen LogP contribution in [0, 0.1) is 0 Å². The zero-order valence-corrected chi connectivity index (χ0v) is 16.3. The van der Waals surface area contributed by atoms with Crippen LogP contribution < -0.4 is 19.3 Å². The van der Waals surface area contributed by atoms with Gasteiger partial charge in [-0.2, -0.15) is 0 Å². The normalized spacial score (nSPS) is 18.0. The third kappa shape index (κ3) is 3.64. The minimum Gasteiger partial charge on any atom is -0.545 e. The molecule has 1 saturated heterocycles. The molecule has 0 aromatic heterocycles. The molecule has 2 aromatic carbocycles. The van der Waals surface area contributed by atoms with Gasteiger partial charge in [0.25, 0.3) is 5.91 Å². The van der Waals surface area contributed by atoms with Gasteiger partial charge in [-0.15, -0.1) is 0 Å². The van der Waals surface area contributed by atoms with Crippen molar-refractivity contribution in [3.63, 3.8) is 0 Å². The standard InChI is InChI=1S/C20H16N2O6S/c1-22-18(23)17(8-12-7-15-16(28-10-27-15)9-14(12)26-2)29-20(22)21-13-5-3-4-11(6-13)19(24)25/h3-9H,10H2,1-2H3,(H,24,25)/p-1/b17-8-,21-20?. The number of carboxylic acids is 1. The van der Waals surface area contributed by atoms with Crippen LogP contribution in [-0.4, -0.2) is 42.9 Å². The number of hydrogen-bond acceptors (Lipinski definition) is 8. The van der Waals surface area contributed by atoms with Crippen molar-refractivity contribution in [2.45, 2.75) is 0 Å². The summed E-state index contributed by atoms with van der Waals surface area (Å²) in [5, 5.41) is 11.5. The first-order valence-corrected chi connectivity index (χ1v) is 9.33. The second-order valence-electron chi connectivity index (χ2n) is 6.15. The molecule has 2 heterocycles. The number of aromatic carboxylic acids is 1. The Morgan fingerprint density at radius 2 is 2.03 bits per heavy atom. The van der Waals surface area contributed by atoms with E-state index in [2.05, 4.69) is 4.99 Å². The van der Waals surface area contributed by atoms with E-state index in [-0.39, 0.29) is 18.3 Å². The Bertz CT molecular complexity index is 1080. The fraction of sp³-hybridized carbons (Fsp3) is 0.150. The lowest BCUT2D eigenvalue weighted by Gasteiger charge is -2.08. The van der Waals surface area contributed by atoms with Crippen molar-refractivity contribution in [3.8, 4) is 17.2 Å². The van der Waals surface area contributed by atoms with Gasteiger partial charge in [-0.3, -0.25) is 9.69 Å². The number of methoxy groups -OCH3 is 1. The number of hydrogen-bond donors (Lipinski definition) is 0. The maximum Gasteiger partial charge on any atom is 0.266 e. The number of thioether (sulfide) groups is 1. The van der Waals surface area contributed by atoms with E-state index in [9.17, 15) is 14.7 Å². The Morgan fingerprint density at radius 1 is 1.28 bits per heavy atom. The summed E-state index contributed by atoms with van der Waals surface area (Å²) in [6.07, 6.45) is 1.70. The van der Waals surface area contributed by atoms with E-state index in [1.807, 2.05) is 0 Å². The summed E-state index contributed by atoms with van der Waals surface area (Å²) in [4.78, 5) is 30.0. The van der Waals surface area contributed by atoms with Crippen molar-refractivity contribution < 1.29 is 28.9 Å². The summed E-state index contributed by atoms with van der Waals surface area (Å²) in [5.41, 5.74) is 1.10. The van der Waals surface area contributed by atoms with E-state index in [0.29, 0.717) is 38.6 Å². The van der Waals surface area contributed by atoms with Crippen LogP contribution in [0.5, 0.6) is 17.2 Å². The minimum atomic E-state index is -1.29. The molecule has 0 radical (unpaired) electrons. The van der Waals surface area contributed by atoms with Gasteiger partial charge in [-0.05, 0) is 41.6 Å².